The number of nitrogens with one attached hydrogen (secondary N) is 1. The fourth-order valence-corrected chi connectivity index (χ4v) is 1.34. The van der Waals surface area contributed by atoms with E-state index in [9.17, 15) is 0 Å². The molecule has 0 fully saturated rings. The van der Waals surface area contributed by atoms with E-state index in [0.717, 1.165) is 11.4 Å². The summed E-state index contributed by atoms with van der Waals surface area (Å²) in [4.78, 5) is 8.45. The lowest BCUT2D eigenvalue weighted by molar-refractivity contribution is 0.515. The van der Waals surface area contributed by atoms with Gasteiger partial charge in [0.25, 0.3) is 0 Å². The van der Waals surface area contributed by atoms with Crippen molar-refractivity contribution in [3.05, 3.63) is 23.8 Å². The van der Waals surface area contributed by atoms with Gasteiger partial charge >= 0.3 is 0 Å². The number of hydrogen-bond acceptors (Lipinski definition) is 4. The van der Waals surface area contributed by atoms with E-state index in [1.807, 2.05) is 20.8 Å². The first kappa shape index (κ1) is 11.6. The maximum atomic E-state index is 8.65. The fourth-order valence-electron chi connectivity index (χ4n) is 1.34. The molecule has 0 saturated heterocycles. The second kappa shape index (κ2) is 5.42. The van der Waals surface area contributed by atoms with Crippen LogP contribution in [0.15, 0.2) is 12.4 Å². The van der Waals surface area contributed by atoms with Crippen molar-refractivity contribution in [2.45, 2.75) is 26.8 Å². The molecule has 4 nitrogen and oxygen atoms in total. The summed E-state index contributed by atoms with van der Waals surface area (Å²) in [6.45, 7) is 6.53. The molecular weight excluding hydrogens is 188 g/mol. The highest BCUT2D eigenvalue weighted by molar-refractivity contribution is 5.12. The summed E-state index contributed by atoms with van der Waals surface area (Å²) in [5.74, 6) is 0.0180. The zero-order valence-electron chi connectivity index (χ0n) is 9.36. The lowest BCUT2D eigenvalue weighted by Crippen LogP contribution is -2.25. The third-order valence-corrected chi connectivity index (χ3v) is 2.28. The highest BCUT2D eigenvalue weighted by atomic mass is 14.9. The molecule has 1 N–H and O–H groups in total. The molecule has 1 rings (SSSR count). The van der Waals surface area contributed by atoms with E-state index in [1.165, 1.54) is 0 Å². The number of nitrogens with zero attached hydrogens (tertiary/aromatic N) is 3. The van der Waals surface area contributed by atoms with Gasteiger partial charge in [-0.05, 0) is 20.8 Å². The topological polar surface area (TPSA) is 61.6 Å². The van der Waals surface area contributed by atoms with E-state index in [-0.39, 0.29) is 12.0 Å². The van der Waals surface area contributed by atoms with Crippen molar-refractivity contribution in [1.29, 1.82) is 5.26 Å². The molecule has 1 aromatic heterocycles. The summed E-state index contributed by atoms with van der Waals surface area (Å²) in [5, 5.41) is 11.9. The Morgan fingerprint density at radius 2 is 2.07 bits per heavy atom. The summed E-state index contributed by atoms with van der Waals surface area (Å²) in [7, 11) is 0. The molecule has 15 heavy (non-hydrogen) atoms. The second-order valence-electron chi connectivity index (χ2n) is 3.69. The van der Waals surface area contributed by atoms with Crippen LogP contribution in [0.3, 0.4) is 0 Å². The molecule has 0 amide bonds. The van der Waals surface area contributed by atoms with Gasteiger partial charge in [0.15, 0.2) is 0 Å². The van der Waals surface area contributed by atoms with Gasteiger partial charge in [-0.25, -0.2) is 0 Å². The van der Waals surface area contributed by atoms with Crippen LogP contribution < -0.4 is 5.32 Å². The Kier molecular flexibility index (Phi) is 4.19. The van der Waals surface area contributed by atoms with Crippen molar-refractivity contribution in [3.63, 3.8) is 0 Å². The van der Waals surface area contributed by atoms with Crippen molar-refractivity contribution in [2.24, 2.45) is 5.92 Å². The molecule has 4 heteroatoms. The zero-order valence-corrected chi connectivity index (χ0v) is 9.36. The van der Waals surface area contributed by atoms with Crippen LogP contribution in [0.1, 0.15) is 31.3 Å². The van der Waals surface area contributed by atoms with Crippen LogP contribution in [-0.2, 0) is 0 Å². The Morgan fingerprint density at radius 1 is 1.40 bits per heavy atom. The quantitative estimate of drug-likeness (QED) is 0.809. The monoisotopic (exact) mass is 204 g/mol. The molecule has 0 aliphatic heterocycles. The molecule has 2 atom stereocenters. The molecule has 80 valence electrons. The summed E-state index contributed by atoms with van der Waals surface area (Å²) < 4.78 is 0. The van der Waals surface area contributed by atoms with E-state index in [2.05, 4.69) is 21.4 Å². The molecule has 0 aliphatic rings. The minimum absolute atomic E-state index is 0.0180. The molecule has 0 bridgehead atoms. The van der Waals surface area contributed by atoms with Crippen molar-refractivity contribution in [2.75, 3.05) is 6.54 Å². The molecule has 0 aliphatic carbocycles. The van der Waals surface area contributed by atoms with Gasteiger partial charge in [-0.2, -0.15) is 5.26 Å². The van der Waals surface area contributed by atoms with Gasteiger partial charge in [-0.3, -0.25) is 9.97 Å². The van der Waals surface area contributed by atoms with Crippen LogP contribution in [0.25, 0.3) is 0 Å². The Balaban J connectivity index is 2.58. The Labute approximate surface area is 90.4 Å². The maximum absolute atomic E-state index is 8.65. The number of hydrogen-bond donors (Lipinski definition) is 1. The number of aromatic nitrogens is 2. The van der Waals surface area contributed by atoms with E-state index in [4.69, 9.17) is 5.26 Å². The van der Waals surface area contributed by atoms with E-state index in [1.54, 1.807) is 12.4 Å². The zero-order chi connectivity index (χ0) is 11.3. The number of nitriles is 1. The second-order valence-corrected chi connectivity index (χ2v) is 3.69. The SMILES string of the molecule is Cc1nccnc1C(C)NCC(C)C#N. The van der Waals surface area contributed by atoms with Gasteiger partial charge in [0.05, 0.1) is 23.4 Å². The van der Waals surface area contributed by atoms with Crippen molar-refractivity contribution >= 4 is 0 Å². The molecule has 1 aromatic rings. The lowest BCUT2D eigenvalue weighted by Gasteiger charge is -2.15. The van der Waals surface area contributed by atoms with Crippen molar-refractivity contribution in [1.82, 2.24) is 15.3 Å². The number of rotatable bonds is 4. The summed E-state index contributed by atoms with van der Waals surface area (Å²) >= 11 is 0. The molecule has 0 radical (unpaired) electrons. The predicted octanol–water partition coefficient (Wildman–Crippen LogP) is 1.60. The predicted molar refractivity (Wildman–Crippen MR) is 58.0 cm³/mol. The van der Waals surface area contributed by atoms with Crippen LogP contribution in [0.5, 0.6) is 0 Å². The number of aryl methyl sites for hydroxylation is 1. The molecule has 2 unspecified atom stereocenters. The smallest absolute Gasteiger partial charge is 0.0782 e. The highest BCUT2D eigenvalue weighted by Crippen LogP contribution is 2.11. The molecular formula is C11H16N4. The maximum Gasteiger partial charge on any atom is 0.0782 e. The molecule has 0 saturated carbocycles. The summed E-state index contributed by atoms with van der Waals surface area (Å²) in [6, 6.07) is 2.32. The summed E-state index contributed by atoms with van der Waals surface area (Å²) in [5.41, 5.74) is 1.88. The van der Waals surface area contributed by atoms with Crippen LogP contribution in [-0.4, -0.2) is 16.5 Å². The van der Waals surface area contributed by atoms with Gasteiger partial charge in [-0.1, -0.05) is 0 Å². The third kappa shape index (κ3) is 3.30. The normalized spacial score (nSPS) is 14.3. The van der Waals surface area contributed by atoms with Gasteiger partial charge < -0.3 is 5.32 Å². The molecule has 0 aromatic carbocycles. The minimum Gasteiger partial charge on any atom is -0.307 e. The first-order chi connectivity index (χ1) is 7.15. The average molecular weight is 204 g/mol. The van der Waals surface area contributed by atoms with Gasteiger partial charge in [0, 0.05) is 25.0 Å². The van der Waals surface area contributed by atoms with Crippen molar-refractivity contribution in [3.8, 4) is 6.07 Å². The van der Waals surface area contributed by atoms with Gasteiger partial charge in [0.2, 0.25) is 0 Å². The van der Waals surface area contributed by atoms with Crippen LogP contribution in [0, 0.1) is 24.2 Å². The minimum atomic E-state index is 0.0180. The molecule has 0 spiro atoms. The Morgan fingerprint density at radius 3 is 2.67 bits per heavy atom. The van der Waals surface area contributed by atoms with Crippen LogP contribution in [0.4, 0.5) is 0 Å². The highest BCUT2D eigenvalue weighted by Gasteiger charge is 2.10. The largest absolute Gasteiger partial charge is 0.307 e. The van der Waals surface area contributed by atoms with Gasteiger partial charge in [-0.15, -0.1) is 0 Å². The van der Waals surface area contributed by atoms with E-state index < -0.39 is 0 Å². The van der Waals surface area contributed by atoms with Crippen LogP contribution in [0.2, 0.25) is 0 Å². The Bertz CT molecular complexity index is 356. The average Bonchev–Trinajstić information content (AvgIpc) is 2.26. The lowest BCUT2D eigenvalue weighted by atomic mass is 10.1. The standard InChI is InChI=1S/C11H16N4/c1-8(6-12)7-15-10(3)11-9(2)13-4-5-14-11/h4-5,8,10,15H,7H2,1-3H3. The fraction of sp³-hybridized carbons (Fsp3) is 0.545. The van der Waals surface area contributed by atoms with Crippen LogP contribution >= 0.6 is 0 Å². The summed E-state index contributed by atoms with van der Waals surface area (Å²) in [6.07, 6.45) is 3.37. The van der Waals surface area contributed by atoms with E-state index >= 15 is 0 Å². The van der Waals surface area contributed by atoms with Crippen molar-refractivity contribution < 1.29 is 0 Å². The first-order valence-electron chi connectivity index (χ1n) is 5.05. The Hall–Kier alpha value is -1.47. The molecule has 1 heterocycles. The van der Waals surface area contributed by atoms with E-state index in [0.29, 0.717) is 6.54 Å². The first-order valence-corrected chi connectivity index (χ1v) is 5.05. The third-order valence-electron chi connectivity index (χ3n) is 2.28. The van der Waals surface area contributed by atoms with Gasteiger partial charge in [0.1, 0.15) is 0 Å².